The predicted molar refractivity (Wildman–Crippen MR) is 47.8 cm³/mol. The van der Waals surface area contributed by atoms with E-state index in [0.29, 0.717) is 12.5 Å². The second-order valence-electron chi connectivity index (χ2n) is 3.62. The van der Waals surface area contributed by atoms with Crippen LogP contribution in [0.15, 0.2) is 0 Å². The molecular weight excluding hydrogens is 152 g/mol. The number of carbonyl (C=O) groups is 1. The van der Waals surface area contributed by atoms with Crippen LogP contribution in [0.1, 0.15) is 39.5 Å². The topological polar surface area (TPSA) is 26.3 Å². The number of hydrogen-bond donors (Lipinski definition) is 0. The van der Waals surface area contributed by atoms with Crippen LogP contribution in [-0.4, -0.2) is 12.6 Å². The minimum Gasteiger partial charge on any atom is -0.466 e. The van der Waals surface area contributed by atoms with Gasteiger partial charge in [-0.3, -0.25) is 4.79 Å². The second kappa shape index (κ2) is 4.48. The van der Waals surface area contributed by atoms with Gasteiger partial charge in [0, 0.05) is 0 Å². The standard InChI is InChI=1S/C10H18O2/c1-3-12-10(11)9-7-5-4-6-8(9)2/h8-9H,3-7H2,1-2H3/t8-,9-/m0/s1. The van der Waals surface area contributed by atoms with Crippen molar-refractivity contribution in [3.63, 3.8) is 0 Å². The van der Waals surface area contributed by atoms with Gasteiger partial charge in [-0.25, -0.2) is 0 Å². The third-order valence-electron chi connectivity index (χ3n) is 2.70. The largest absolute Gasteiger partial charge is 0.466 e. The van der Waals surface area contributed by atoms with E-state index in [-0.39, 0.29) is 11.9 Å². The lowest BCUT2D eigenvalue weighted by Gasteiger charge is -2.26. The van der Waals surface area contributed by atoms with Gasteiger partial charge in [0.2, 0.25) is 0 Å². The average Bonchev–Trinajstić information content (AvgIpc) is 2.05. The third kappa shape index (κ3) is 2.23. The molecule has 0 bridgehead atoms. The molecule has 1 aliphatic rings. The summed E-state index contributed by atoms with van der Waals surface area (Å²) in [5.41, 5.74) is 0. The lowest BCUT2D eigenvalue weighted by molar-refractivity contribution is -0.150. The molecule has 2 nitrogen and oxygen atoms in total. The molecule has 0 aliphatic heterocycles. The SMILES string of the molecule is CCOC(=O)[C@H]1CCCC[C@@H]1C. The highest BCUT2D eigenvalue weighted by molar-refractivity contribution is 5.72. The lowest BCUT2D eigenvalue weighted by atomic mass is 9.80. The van der Waals surface area contributed by atoms with Crippen LogP contribution < -0.4 is 0 Å². The van der Waals surface area contributed by atoms with E-state index in [4.69, 9.17) is 4.74 Å². The van der Waals surface area contributed by atoms with E-state index >= 15 is 0 Å². The summed E-state index contributed by atoms with van der Waals surface area (Å²) >= 11 is 0. The minimum absolute atomic E-state index is 0.0182. The van der Waals surface area contributed by atoms with Crippen LogP contribution >= 0.6 is 0 Å². The van der Waals surface area contributed by atoms with Gasteiger partial charge in [-0.15, -0.1) is 0 Å². The van der Waals surface area contributed by atoms with Gasteiger partial charge in [0.15, 0.2) is 0 Å². The summed E-state index contributed by atoms with van der Waals surface area (Å²) in [6, 6.07) is 0. The summed E-state index contributed by atoms with van der Waals surface area (Å²) in [7, 11) is 0. The van der Waals surface area contributed by atoms with Crippen molar-refractivity contribution in [2.24, 2.45) is 11.8 Å². The summed E-state index contributed by atoms with van der Waals surface area (Å²) in [6.07, 6.45) is 4.67. The molecule has 1 rings (SSSR count). The number of ether oxygens (including phenoxy) is 1. The van der Waals surface area contributed by atoms with Gasteiger partial charge in [0.25, 0.3) is 0 Å². The first-order chi connectivity index (χ1) is 5.75. The first-order valence-electron chi connectivity index (χ1n) is 4.92. The Bertz CT molecular complexity index is 154. The van der Waals surface area contributed by atoms with E-state index < -0.39 is 0 Å². The zero-order valence-corrected chi connectivity index (χ0v) is 8.01. The van der Waals surface area contributed by atoms with Crippen LogP contribution in [0.25, 0.3) is 0 Å². The molecular formula is C10H18O2. The Kier molecular flexibility index (Phi) is 3.57. The maximum Gasteiger partial charge on any atom is 0.309 e. The molecule has 2 atom stereocenters. The van der Waals surface area contributed by atoms with Crippen molar-refractivity contribution in [1.82, 2.24) is 0 Å². The Morgan fingerprint density at radius 1 is 1.42 bits per heavy atom. The molecule has 0 N–H and O–H groups in total. The van der Waals surface area contributed by atoms with E-state index in [2.05, 4.69) is 6.92 Å². The molecule has 2 heteroatoms. The molecule has 0 saturated heterocycles. The van der Waals surface area contributed by atoms with Crippen LogP contribution in [0, 0.1) is 11.8 Å². The lowest BCUT2D eigenvalue weighted by Crippen LogP contribution is -2.27. The quantitative estimate of drug-likeness (QED) is 0.595. The molecule has 0 aromatic carbocycles. The molecule has 1 fully saturated rings. The fourth-order valence-corrected chi connectivity index (χ4v) is 1.92. The first-order valence-corrected chi connectivity index (χ1v) is 4.92. The maximum atomic E-state index is 11.4. The monoisotopic (exact) mass is 170 g/mol. The molecule has 1 saturated carbocycles. The maximum absolute atomic E-state index is 11.4. The number of hydrogen-bond acceptors (Lipinski definition) is 2. The molecule has 0 amide bonds. The fourth-order valence-electron chi connectivity index (χ4n) is 1.92. The molecule has 12 heavy (non-hydrogen) atoms. The highest BCUT2D eigenvalue weighted by atomic mass is 16.5. The van der Waals surface area contributed by atoms with Gasteiger partial charge in [0.1, 0.15) is 0 Å². The Morgan fingerprint density at radius 3 is 2.67 bits per heavy atom. The first kappa shape index (κ1) is 9.56. The number of esters is 1. The van der Waals surface area contributed by atoms with Gasteiger partial charge in [-0.1, -0.05) is 19.8 Å². The van der Waals surface area contributed by atoms with Crippen LogP contribution in [-0.2, 0) is 9.53 Å². The number of rotatable bonds is 2. The van der Waals surface area contributed by atoms with Crippen molar-refractivity contribution < 1.29 is 9.53 Å². The third-order valence-corrected chi connectivity index (χ3v) is 2.70. The Morgan fingerprint density at radius 2 is 2.08 bits per heavy atom. The average molecular weight is 170 g/mol. The van der Waals surface area contributed by atoms with Crippen molar-refractivity contribution in [1.29, 1.82) is 0 Å². The molecule has 0 aromatic rings. The second-order valence-corrected chi connectivity index (χ2v) is 3.62. The fraction of sp³-hybridized carbons (Fsp3) is 0.900. The highest BCUT2D eigenvalue weighted by Gasteiger charge is 2.28. The smallest absolute Gasteiger partial charge is 0.309 e. The summed E-state index contributed by atoms with van der Waals surface area (Å²) < 4.78 is 5.01. The van der Waals surface area contributed by atoms with Crippen molar-refractivity contribution >= 4 is 5.97 Å². The molecule has 0 spiro atoms. The molecule has 0 radical (unpaired) electrons. The zero-order chi connectivity index (χ0) is 8.97. The molecule has 0 aromatic heterocycles. The van der Waals surface area contributed by atoms with E-state index in [1.165, 1.54) is 19.3 Å². The normalized spacial score (nSPS) is 29.8. The molecule has 0 heterocycles. The molecule has 1 aliphatic carbocycles. The van der Waals surface area contributed by atoms with Crippen LogP contribution in [0.3, 0.4) is 0 Å². The summed E-state index contributed by atoms with van der Waals surface area (Å²) in [6.45, 7) is 4.54. The zero-order valence-electron chi connectivity index (χ0n) is 8.01. The van der Waals surface area contributed by atoms with Gasteiger partial charge >= 0.3 is 5.97 Å². The van der Waals surface area contributed by atoms with Gasteiger partial charge in [-0.2, -0.15) is 0 Å². The Balaban J connectivity index is 2.42. The van der Waals surface area contributed by atoms with Crippen LogP contribution in [0.2, 0.25) is 0 Å². The van der Waals surface area contributed by atoms with Gasteiger partial charge in [0.05, 0.1) is 12.5 Å². The van der Waals surface area contributed by atoms with E-state index in [9.17, 15) is 4.79 Å². The van der Waals surface area contributed by atoms with Gasteiger partial charge < -0.3 is 4.74 Å². The van der Waals surface area contributed by atoms with Crippen molar-refractivity contribution in [3.8, 4) is 0 Å². The Labute approximate surface area is 74.3 Å². The van der Waals surface area contributed by atoms with E-state index in [1.807, 2.05) is 6.92 Å². The highest BCUT2D eigenvalue weighted by Crippen LogP contribution is 2.30. The van der Waals surface area contributed by atoms with Crippen LogP contribution in [0.4, 0.5) is 0 Å². The van der Waals surface area contributed by atoms with Crippen molar-refractivity contribution in [2.45, 2.75) is 39.5 Å². The number of carbonyl (C=O) groups excluding carboxylic acids is 1. The summed E-state index contributed by atoms with van der Waals surface area (Å²) in [4.78, 5) is 11.4. The summed E-state index contributed by atoms with van der Waals surface area (Å²) in [5, 5.41) is 0. The van der Waals surface area contributed by atoms with Gasteiger partial charge in [-0.05, 0) is 25.7 Å². The van der Waals surface area contributed by atoms with Crippen molar-refractivity contribution in [3.05, 3.63) is 0 Å². The van der Waals surface area contributed by atoms with Crippen LogP contribution in [0.5, 0.6) is 0 Å². The van der Waals surface area contributed by atoms with E-state index in [0.717, 1.165) is 6.42 Å². The summed E-state index contributed by atoms with van der Waals surface area (Å²) in [5.74, 6) is 0.723. The molecule has 70 valence electrons. The van der Waals surface area contributed by atoms with Crippen molar-refractivity contribution in [2.75, 3.05) is 6.61 Å². The van der Waals surface area contributed by atoms with E-state index in [1.54, 1.807) is 0 Å². The molecule has 0 unspecified atom stereocenters. The predicted octanol–water partition coefficient (Wildman–Crippen LogP) is 2.38. The minimum atomic E-state index is 0.0182. The Hall–Kier alpha value is -0.530.